The number of benzene rings is 1. The van der Waals surface area contributed by atoms with Crippen molar-refractivity contribution in [1.29, 1.82) is 0 Å². The van der Waals surface area contributed by atoms with Crippen molar-refractivity contribution < 1.29 is 4.79 Å². The number of amides is 1. The number of thiophene rings is 1. The summed E-state index contributed by atoms with van der Waals surface area (Å²) in [7, 11) is 0. The molecule has 0 aliphatic rings. The van der Waals surface area contributed by atoms with Crippen LogP contribution in [0.4, 0.5) is 5.69 Å². The molecule has 0 saturated carbocycles. The zero-order chi connectivity index (χ0) is 14.5. The number of halogens is 3. The third-order valence-corrected chi connectivity index (χ3v) is 5.29. The van der Waals surface area contributed by atoms with Gasteiger partial charge in [-0.05, 0) is 68.5 Å². The molecule has 0 bridgehead atoms. The molecule has 0 unspecified atom stereocenters. The van der Waals surface area contributed by atoms with Crippen molar-refractivity contribution >= 4 is 66.4 Å². The lowest BCUT2D eigenvalue weighted by Gasteiger charge is -2.06. The molecule has 0 aliphatic heterocycles. The Kier molecular flexibility index (Phi) is 6.08. The second-order valence-corrected chi connectivity index (χ2v) is 8.31. The van der Waals surface area contributed by atoms with Crippen LogP contribution < -0.4 is 5.32 Å². The predicted octanol–water partition coefficient (Wildman–Crippen LogP) is 5.70. The predicted molar refractivity (Wildman–Crippen MR) is 93.2 cm³/mol. The highest BCUT2D eigenvalue weighted by Gasteiger charge is 2.13. The molecule has 0 saturated heterocycles. The lowest BCUT2D eigenvalue weighted by atomic mass is 10.1. The average molecular weight is 438 g/mol. The first-order valence-electron chi connectivity index (χ1n) is 6.01. The van der Waals surface area contributed by atoms with E-state index in [1.165, 1.54) is 16.9 Å². The molecule has 0 radical (unpaired) electrons. The summed E-state index contributed by atoms with van der Waals surface area (Å²) >= 11 is 13.9. The van der Waals surface area contributed by atoms with Gasteiger partial charge in [-0.1, -0.05) is 12.1 Å². The van der Waals surface area contributed by atoms with Gasteiger partial charge in [-0.15, -0.1) is 22.9 Å². The summed E-state index contributed by atoms with van der Waals surface area (Å²) in [5.74, 6) is 0.528. The standard InChI is InChI=1S/C14H12Br2ClNOS/c15-12-8-11(13(16)20-12)14(19)18-10-5-1-3-9(7-10)4-2-6-17/h1,3,5,7-8H,2,4,6H2,(H,18,19). The van der Waals surface area contributed by atoms with Gasteiger partial charge in [0.15, 0.2) is 0 Å². The second kappa shape index (κ2) is 7.59. The molecule has 6 heteroatoms. The maximum Gasteiger partial charge on any atom is 0.257 e. The minimum absolute atomic E-state index is 0.117. The van der Waals surface area contributed by atoms with Crippen LogP contribution in [-0.2, 0) is 6.42 Å². The molecular formula is C14H12Br2ClNOS. The van der Waals surface area contributed by atoms with Crippen LogP contribution in [0.15, 0.2) is 37.9 Å². The fourth-order valence-corrected chi connectivity index (χ4v) is 4.70. The van der Waals surface area contributed by atoms with Crippen LogP contribution in [0.2, 0.25) is 0 Å². The van der Waals surface area contributed by atoms with Crippen LogP contribution in [0, 0.1) is 0 Å². The SMILES string of the molecule is O=C(Nc1cccc(CCCCl)c1)c1cc(Br)sc1Br. The topological polar surface area (TPSA) is 29.1 Å². The summed E-state index contributed by atoms with van der Waals surface area (Å²) in [6.07, 6.45) is 1.85. The van der Waals surface area contributed by atoms with Gasteiger partial charge in [0.2, 0.25) is 0 Å². The molecule has 0 aliphatic carbocycles. The van der Waals surface area contributed by atoms with Crippen LogP contribution in [0.1, 0.15) is 22.3 Å². The summed E-state index contributed by atoms with van der Waals surface area (Å²) in [6, 6.07) is 9.66. The second-order valence-electron chi connectivity index (χ2n) is 4.18. The van der Waals surface area contributed by atoms with E-state index in [0.717, 1.165) is 26.1 Å². The van der Waals surface area contributed by atoms with Crippen molar-refractivity contribution in [2.75, 3.05) is 11.2 Å². The number of nitrogens with one attached hydrogen (secondary N) is 1. The van der Waals surface area contributed by atoms with E-state index in [-0.39, 0.29) is 5.91 Å². The van der Waals surface area contributed by atoms with Gasteiger partial charge in [0.1, 0.15) is 0 Å². The fourth-order valence-electron chi connectivity index (χ4n) is 1.77. The van der Waals surface area contributed by atoms with Crippen molar-refractivity contribution in [2.45, 2.75) is 12.8 Å². The Labute approximate surface area is 143 Å². The van der Waals surface area contributed by atoms with Gasteiger partial charge in [0, 0.05) is 11.6 Å². The molecule has 2 aromatic rings. The number of hydrogen-bond donors (Lipinski definition) is 1. The van der Waals surface area contributed by atoms with E-state index in [1.54, 1.807) is 6.07 Å². The summed E-state index contributed by atoms with van der Waals surface area (Å²) < 4.78 is 1.74. The van der Waals surface area contributed by atoms with E-state index < -0.39 is 0 Å². The van der Waals surface area contributed by atoms with E-state index in [9.17, 15) is 4.79 Å². The Balaban J connectivity index is 2.09. The maximum absolute atomic E-state index is 12.2. The first-order chi connectivity index (χ1) is 9.60. The minimum Gasteiger partial charge on any atom is -0.322 e. The molecule has 0 fully saturated rings. The molecule has 0 atom stereocenters. The molecule has 1 aromatic heterocycles. The van der Waals surface area contributed by atoms with Gasteiger partial charge >= 0.3 is 0 Å². The molecule has 1 amide bonds. The molecule has 1 N–H and O–H groups in total. The van der Waals surface area contributed by atoms with Crippen molar-refractivity contribution in [3.8, 4) is 0 Å². The van der Waals surface area contributed by atoms with Gasteiger partial charge < -0.3 is 5.32 Å². The third-order valence-electron chi connectivity index (χ3n) is 2.69. The van der Waals surface area contributed by atoms with Crippen LogP contribution in [0.25, 0.3) is 0 Å². The largest absolute Gasteiger partial charge is 0.322 e. The highest BCUT2D eigenvalue weighted by molar-refractivity contribution is 9.12. The van der Waals surface area contributed by atoms with Crippen molar-refractivity contribution in [1.82, 2.24) is 0 Å². The Morgan fingerprint density at radius 2 is 2.10 bits per heavy atom. The van der Waals surface area contributed by atoms with Gasteiger partial charge in [0.25, 0.3) is 5.91 Å². The van der Waals surface area contributed by atoms with E-state index >= 15 is 0 Å². The van der Waals surface area contributed by atoms with Gasteiger partial charge in [-0.25, -0.2) is 0 Å². The van der Waals surface area contributed by atoms with E-state index in [4.69, 9.17) is 11.6 Å². The summed E-state index contributed by atoms with van der Waals surface area (Å²) in [5, 5.41) is 2.91. The monoisotopic (exact) mass is 435 g/mol. The molecule has 1 heterocycles. The van der Waals surface area contributed by atoms with E-state index in [0.29, 0.717) is 11.4 Å². The summed E-state index contributed by atoms with van der Waals surface area (Å²) in [4.78, 5) is 12.2. The number of aryl methyl sites for hydroxylation is 1. The average Bonchev–Trinajstić information content (AvgIpc) is 2.76. The van der Waals surface area contributed by atoms with Crippen molar-refractivity contribution in [3.63, 3.8) is 0 Å². The van der Waals surface area contributed by atoms with Gasteiger partial charge in [-0.2, -0.15) is 0 Å². The van der Waals surface area contributed by atoms with Crippen LogP contribution in [-0.4, -0.2) is 11.8 Å². The Hall–Kier alpha value is -0.360. The summed E-state index contributed by atoms with van der Waals surface area (Å²) in [6.45, 7) is 0. The molecule has 2 nitrogen and oxygen atoms in total. The highest BCUT2D eigenvalue weighted by atomic mass is 79.9. The Morgan fingerprint density at radius 3 is 2.75 bits per heavy atom. The lowest BCUT2D eigenvalue weighted by molar-refractivity contribution is 0.102. The number of alkyl halides is 1. The van der Waals surface area contributed by atoms with Crippen molar-refractivity contribution in [2.24, 2.45) is 0 Å². The fraction of sp³-hybridized carbons (Fsp3) is 0.214. The molecular weight excluding hydrogens is 425 g/mol. The number of carbonyl (C=O) groups is 1. The molecule has 2 rings (SSSR count). The highest BCUT2D eigenvalue weighted by Crippen LogP contribution is 2.32. The summed E-state index contributed by atoms with van der Waals surface area (Å²) in [5.41, 5.74) is 2.61. The number of hydrogen-bond acceptors (Lipinski definition) is 2. The quantitative estimate of drug-likeness (QED) is 0.598. The lowest BCUT2D eigenvalue weighted by Crippen LogP contribution is -2.11. The number of carbonyl (C=O) groups excluding carboxylic acids is 1. The van der Waals surface area contributed by atoms with Crippen LogP contribution in [0.5, 0.6) is 0 Å². The Morgan fingerprint density at radius 1 is 1.30 bits per heavy atom. The molecule has 0 spiro atoms. The van der Waals surface area contributed by atoms with E-state index in [2.05, 4.69) is 37.2 Å². The zero-order valence-electron chi connectivity index (χ0n) is 10.5. The van der Waals surface area contributed by atoms with Gasteiger partial charge in [-0.3, -0.25) is 4.79 Å². The molecule has 20 heavy (non-hydrogen) atoms. The third kappa shape index (κ3) is 4.32. The number of rotatable bonds is 5. The van der Waals surface area contributed by atoms with Gasteiger partial charge in [0.05, 0.1) is 13.1 Å². The van der Waals surface area contributed by atoms with Crippen molar-refractivity contribution in [3.05, 3.63) is 49.0 Å². The number of anilines is 1. The molecule has 106 valence electrons. The molecule has 1 aromatic carbocycles. The first kappa shape index (κ1) is 16.0. The van der Waals surface area contributed by atoms with E-state index in [1.807, 2.05) is 24.3 Å². The minimum atomic E-state index is -0.117. The van der Waals surface area contributed by atoms with Crippen LogP contribution >= 0.6 is 54.8 Å². The van der Waals surface area contributed by atoms with Crippen LogP contribution in [0.3, 0.4) is 0 Å². The smallest absolute Gasteiger partial charge is 0.257 e. The normalized spacial score (nSPS) is 10.6. The maximum atomic E-state index is 12.2. The first-order valence-corrected chi connectivity index (χ1v) is 8.95. The zero-order valence-corrected chi connectivity index (χ0v) is 15.2. The Bertz CT molecular complexity index is 615.